The highest BCUT2D eigenvalue weighted by atomic mass is 19.1. The Morgan fingerprint density at radius 2 is 1.85 bits per heavy atom. The van der Waals surface area contributed by atoms with Gasteiger partial charge in [0.05, 0.1) is 17.8 Å². The number of carbonyl (C=O) groups excluding carboxylic acids is 2. The molecule has 0 radical (unpaired) electrons. The smallest absolute Gasteiger partial charge is 0.258 e. The molecule has 41 heavy (non-hydrogen) atoms. The summed E-state index contributed by atoms with van der Waals surface area (Å²) in [6.45, 7) is 7.21. The average Bonchev–Trinajstić information content (AvgIpc) is 3.63. The number of hydrogen-bond donors (Lipinski definition) is 1. The van der Waals surface area contributed by atoms with Crippen molar-refractivity contribution in [2.75, 3.05) is 33.2 Å². The zero-order valence-electron chi connectivity index (χ0n) is 23.4. The second-order valence-electron chi connectivity index (χ2n) is 11.2. The van der Waals surface area contributed by atoms with Crippen LogP contribution in [0.1, 0.15) is 52.0 Å². The molecule has 7 nitrogen and oxygen atoms in total. The maximum Gasteiger partial charge on any atom is 0.258 e. The van der Waals surface area contributed by atoms with Crippen molar-refractivity contribution in [3.8, 4) is 0 Å². The lowest BCUT2D eigenvalue weighted by atomic mass is 9.93. The zero-order chi connectivity index (χ0) is 28.5. The SMILES string of the molecule is CC(c1ccc(F)cc1)n1cc(C(=O)NC2=CCC(=O)C(C3=Cc4cc(CN5CCN(C)CC5)ccc4C3)=C2)cn1. The van der Waals surface area contributed by atoms with E-state index in [-0.39, 0.29) is 30.0 Å². The van der Waals surface area contributed by atoms with Gasteiger partial charge in [0.2, 0.25) is 0 Å². The number of allylic oxidation sites excluding steroid dienone is 4. The Kier molecular flexibility index (Phi) is 7.51. The lowest BCUT2D eigenvalue weighted by Crippen LogP contribution is -2.43. The fourth-order valence-corrected chi connectivity index (χ4v) is 5.65. The summed E-state index contributed by atoms with van der Waals surface area (Å²) in [5.41, 5.74) is 7.23. The number of likely N-dealkylation sites (N-methyl/N-ethyl adjacent to an activating group) is 1. The van der Waals surface area contributed by atoms with E-state index in [2.05, 4.69) is 51.5 Å². The van der Waals surface area contributed by atoms with Crippen LogP contribution in [0.15, 0.2) is 83.9 Å². The molecule has 1 unspecified atom stereocenters. The number of piperazine rings is 1. The summed E-state index contributed by atoms with van der Waals surface area (Å²) in [6.07, 6.45) is 9.81. The fourth-order valence-electron chi connectivity index (χ4n) is 5.65. The molecule has 2 aromatic carbocycles. The van der Waals surface area contributed by atoms with E-state index in [1.165, 1.54) is 35.0 Å². The lowest BCUT2D eigenvalue weighted by Gasteiger charge is -2.32. The number of fused-ring (bicyclic) bond motifs is 1. The highest BCUT2D eigenvalue weighted by Gasteiger charge is 2.24. The normalized spacial score (nSPS) is 18.4. The highest BCUT2D eigenvalue weighted by Crippen LogP contribution is 2.33. The third-order valence-electron chi connectivity index (χ3n) is 8.25. The molecule has 0 spiro atoms. The average molecular weight is 552 g/mol. The standard InChI is InChI=1S/C33H34FN5O2/c1-22(24-5-7-29(34)8-6-24)39-21-28(19-35-39)33(41)36-30-9-10-32(40)31(18-30)27-16-25-4-3-23(15-26(25)17-27)20-38-13-11-37(2)12-14-38/h3-9,15,17-19,21-22H,10-14,16,20H2,1-2H3,(H,36,41). The maximum absolute atomic E-state index is 13.3. The number of carbonyl (C=O) groups is 2. The van der Waals surface area contributed by atoms with Gasteiger partial charge < -0.3 is 10.2 Å². The van der Waals surface area contributed by atoms with Crippen LogP contribution in [0, 0.1) is 5.82 Å². The van der Waals surface area contributed by atoms with Gasteiger partial charge in [-0.1, -0.05) is 42.5 Å². The van der Waals surface area contributed by atoms with Gasteiger partial charge in [0, 0.05) is 56.6 Å². The van der Waals surface area contributed by atoms with Gasteiger partial charge in [-0.3, -0.25) is 19.2 Å². The molecule has 1 saturated heterocycles. The summed E-state index contributed by atoms with van der Waals surface area (Å²) in [7, 11) is 2.17. The number of amides is 1. The summed E-state index contributed by atoms with van der Waals surface area (Å²) in [4.78, 5) is 30.8. The minimum absolute atomic E-state index is 0.0562. The van der Waals surface area contributed by atoms with E-state index in [1.807, 2.05) is 6.92 Å². The molecular weight excluding hydrogens is 517 g/mol. The first-order valence-corrected chi connectivity index (χ1v) is 14.1. The Labute approximate surface area is 239 Å². The number of benzene rings is 2. The van der Waals surface area contributed by atoms with Gasteiger partial charge in [-0.05, 0) is 66.4 Å². The Bertz CT molecular complexity index is 1580. The molecule has 1 atom stereocenters. The molecule has 6 rings (SSSR count). The van der Waals surface area contributed by atoms with Crippen LogP contribution in [0.2, 0.25) is 0 Å². The van der Waals surface area contributed by atoms with Crippen LogP contribution in [0.5, 0.6) is 0 Å². The van der Waals surface area contributed by atoms with E-state index in [0.717, 1.165) is 43.9 Å². The molecule has 210 valence electrons. The number of rotatable bonds is 7. The Hall–Kier alpha value is -4.14. The van der Waals surface area contributed by atoms with Crippen LogP contribution < -0.4 is 5.32 Å². The molecule has 1 aliphatic heterocycles. The monoisotopic (exact) mass is 551 g/mol. The van der Waals surface area contributed by atoms with Gasteiger partial charge in [0.25, 0.3) is 5.91 Å². The largest absolute Gasteiger partial charge is 0.322 e. The predicted molar refractivity (Wildman–Crippen MR) is 157 cm³/mol. The molecule has 8 heteroatoms. The van der Waals surface area contributed by atoms with E-state index < -0.39 is 0 Å². The molecule has 2 aliphatic carbocycles. The second-order valence-corrected chi connectivity index (χ2v) is 11.2. The molecule has 1 N–H and O–H groups in total. The Morgan fingerprint density at radius 1 is 1.07 bits per heavy atom. The van der Waals surface area contributed by atoms with Crippen LogP contribution in [-0.4, -0.2) is 64.5 Å². The van der Waals surface area contributed by atoms with Crippen molar-refractivity contribution in [3.05, 3.63) is 117 Å². The van der Waals surface area contributed by atoms with Crippen molar-refractivity contribution in [1.82, 2.24) is 24.9 Å². The summed E-state index contributed by atoms with van der Waals surface area (Å²) >= 11 is 0. The fraction of sp³-hybridized carbons (Fsp3) is 0.303. The Balaban J connectivity index is 1.12. The van der Waals surface area contributed by atoms with E-state index in [1.54, 1.807) is 35.2 Å². The maximum atomic E-state index is 13.3. The lowest BCUT2D eigenvalue weighted by molar-refractivity contribution is -0.114. The molecule has 2 heterocycles. The van der Waals surface area contributed by atoms with Gasteiger partial charge in [-0.2, -0.15) is 5.10 Å². The van der Waals surface area contributed by atoms with Crippen LogP contribution in [0.4, 0.5) is 4.39 Å². The van der Waals surface area contributed by atoms with E-state index in [9.17, 15) is 14.0 Å². The first-order valence-electron chi connectivity index (χ1n) is 14.1. The number of ketones is 1. The van der Waals surface area contributed by atoms with Crippen molar-refractivity contribution >= 4 is 17.8 Å². The number of nitrogens with one attached hydrogen (secondary N) is 1. The molecule has 3 aliphatic rings. The van der Waals surface area contributed by atoms with Gasteiger partial charge in [-0.25, -0.2) is 4.39 Å². The highest BCUT2D eigenvalue weighted by molar-refractivity contribution is 6.04. The molecule has 1 aromatic heterocycles. The van der Waals surface area contributed by atoms with E-state index in [0.29, 0.717) is 23.3 Å². The van der Waals surface area contributed by atoms with Crippen molar-refractivity contribution in [2.45, 2.75) is 32.4 Å². The number of Topliss-reactive ketones (excluding diaryl/α,β-unsaturated/α-hetero) is 1. The first kappa shape index (κ1) is 27.1. The number of aromatic nitrogens is 2. The van der Waals surface area contributed by atoms with Crippen LogP contribution >= 0.6 is 0 Å². The van der Waals surface area contributed by atoms with Gasteiger partial charge >= 0.3 is 0 Å². The third kappa shape index (κ3) is 5.99. The molecular formula is C33H34FN5O2. The summed E-state index contributed by atoms with van der Waals surface area (Å²) < 4.78 is 15.0. The number of nitrogens with zero attached hydrogens (tertiary/aromatic N) is 4. The summed E-state index contributed by atoms with van der Waals surface area (Å²) in [5.74, 6) is -0.534. The van der Waals surface area contributed by atoms with Crippen LogP contribution in [0.3, 0.4) is 0 Å². The first-order chi connectivity index (χ1) is 19.8. The summed E-state index contributed by atoms with van der Waals surface area (Å²) in [5, 5.41) is 7.29. The molecule has 1 amide bonds. The van der Waals surface area contributed by atoms with Crippen molar-refractivity contribution in [3.63, 3.8) is 0 Å². The topological polar surface area (TPSA) is 70.5 Å². The third-order valence-corrected chi connectivity index (χ3v) is 8.25. The van der Waals surface area contributed by atoms with E-state index in [4.69, 9.17) is 0 Å². The molecule has 0 bridgehead atoms. The quantitative estimate of drug-likeness (QED) is 0.467. The molecule has 3 aromatic rings. The van der Waals surface area contributed by atoms with Crippen LogP contribution in [-0.2, 0) is 17.8 Å². The van der Waals surface area contributed by atoms with Gasteiger partial charge in [0.15, 0.2) is 5.78 Å². The Morgan fingerprint density at radius 3 is 2.63 bits per heavy atom. The minimum atomic E-state index is -0.295. The van der Waals surface area contributed by atoms with Gasteiger partial charge in [-0.15, -0.1) is 0 Å². The minimum Gasteiger partial charge on any atom is -0.322 e. The van der Waals surface area contributed by atoms with Crippen LogP contribution in [0.25, 0.3) is 6.08 Å². The summed E-state index contributed by atoms with van der Waals surface area (Å²) in [6, 6.07) is 12.7. The predicted octanol–water partition coefficient (Wildman–Crippen LogP) is 4.53. The zero-order valence-corrected chi connectivity index (χ0v) is 23.4. The number of hydrogen-bond acceptors (Lipinski definition) is 5. The number of halogens is 1. The van der Waals surface area contributed by atoms with Crippen molar-refractivity contribution in [2.24, 2.45) is 0 Å². The van der Waals surface area contributed by atoms with Gasteiger partial charge in [0.1, 0.15) is 5.82 Å². The van der Waals surface area contributed by atoms with Crippen molar-refractivity contribution < 1.29 is 14.0 Å². The van der Waals surface area contributed by atoms with E-state index >= 15 is 0 Å². The molecule has 0 saturated carbocycles. The van der Waals surface area contributed by atoms with Crippen molar-refractivity contribution in [1.29, 1.82) is 0 Å². The molecule has 1 fully saturated rings. The second kappa shape index (κ2) is 11.4.